The lowest BCUT2D eigenvalue weighted by molar-refractivity contribution is 0.0714. The van der Waals surface area contributed by atoms with Gasteiger partial charge in [-0.2, -0.15) is 0 Å². The van der Waals surface area contributed by atoms with Crippen LogP contribution in [0.1, 0.15) is 33.3 Å². The Hall–Kier alpha value is -3.38. The third-order valence-electron chi connectivity index (χ3n) is 5.57. The van der Waals surface area contributed by atoms with Crippen LogP contribution in [0.15, 0.2) is 86.9 Å². The standard InChI is InChI=1S/C25H18FNO3S/c1-31-18-12-8-16(9-13-18)22-21-23(28)19-4-2-3-5-20(19)30-24(21)25(29)27(22)14-15-6-10-17(26)11-7-15/h2-13,22H,14H2,1H3. The minimum Gasteiger partial charge on any atom is -0.450 e. The highest BCUT2D eigenvalue weighted by atomic mass is 32.2. The molecule has 1 atom stereocenters. The molecule has 1 amide bonds. The van der Waals surface area contributed by atoms with E-state index in [1.807, 2.05) is 30.5 Å². The predicted octanol–water partition coefficient (Wildman–Crippen LogP) is 5.40. The van der Waals surface area contributed by atoms with Gasteiger partial charge in [-0.15, -0.1) is 11.8 Å². The van der Waals surface area contributed by atoms with Crippen molar-refractivity contribution in [2.75, 3.05) is 6.26 Å². The maximum absolute atomic E-state index is 13.4. The third kappa shape index (κ3) is 3.33. The second-order valence-electron chi connectivity index (χ2n) is 7.41. The molecule has 3 aromatic carbocycles. The number of para-hydroxylation sites is 1. The smallest absolute Gasteiger partial charge is 0.291 e. The second kappa shape index (κ2) is 7.71. The molecule has 0 spiro atoms. The van der Waals surface area contributed by atoms with Gasteiger partial charge in [-0.05, 0) is 53.8 Å². The molecular weight excluding hydrogens is 413 g/mol. The van der Waals surface area contributed by atoms with Gasteiger partial charge in [-0.1, -0.05) is 36.4 Å². The molecule has 31 heavy (non-hydrogen) atoms. The molecule has 0 bridgehead atoms. The minimum atomic E-state index is -0.579. The summed E-state index contributed by atoms with van der Waals surface area (Å²) in [6, 6.07) is 20.2. The molecule has 0 saturated carbocycles. The SMILES string of the molecule is CSc1ccc(C2c3c(oc4ccccc4c3=O)C(=O)N2Cc2ccc(F)cc2)cc1. The topological polar surface area (TPSA) is 50.5 Å². The van der Waals surface area contributed by atoms with Crippen molar-refractivity contribution in [2.45, 2.75) is 17.5 Å². The third-order valence-corrected chi connectivity index (χ3v) is 6.31. The zero-order valence-electron chi connectivity index (χ0n) is 16.7. The number of benzene rings is 3. The lowest BCUT2D eigenvalue weighted by Crippen LogP contribution is -2.29. The van der Waals surface area contributed by atoms with Crippen molar-refractivity contribution >= 4 is 28.6 Å². The molecule has 5 rings (SSSR count). The van der Waals surface area contributed by atoms with Gasteiger partial charge in [0.05, 0.1) is 17.0 Å². The lowest BCUT2D eigenvalue weighted by Gasteiger charge is -2.25. The first kappa shape index (κ1) is 19.6. The Morgan fingerprint density at radius 2 is 1.68 bits per heavy atom. The van der Waals surface area contributed by atoms with Crippen molar-refractivity contribution in [3.8, 4) is 0 Å². The number of carbonyl (C=O) groups is 1. The van der Waals surface area contributed by atoms with E-state index in [0.29, 0.717) is 16.5 Å². The molecule has 6 heteroatoms. The first-order valence-electron chi connectivity index (χ1n) is 9.82. The van der Waals surface area contributed by atoms with Crippen LogP contribution in [0.25, 0.3) is 11.0 Å². The van der Waals surface area contributed by atoms with E-state index in [0.717, 1.165) is 16.0 Å². The summed E-state index contributed by atoms with van der Waals surface area (Å²) in [5.74, 6) is -0.613. The molecule has 0 aliphatic carbocycles. The van der Waals surface area contributed by atoms with E-state index in [2.05, 4.69) is 0 Å². The Morgan fingerprint density at radius 1 is 0.968 bits per heavy atom. The van der Waals surface area contributed by atoms with Crippen LogP contribution in [0, 0.1) is 5.82 Å². The van der Waals surface area contributed by atoms with Gasteiger partial charge in [-0.25, -0.2) is 4.39 Å². The Labute approximate surface area is 182 Å². The molecule has 1 aliphatic heterocycles. The molecule has 4 aromatic rings. The van der Waals surface area contributed by atoms with Crippen LogP contribution in [0.5, 0.6) is 0 Å². The van der Waals surface area contributed by atoms with E-state index < -0.39 is 6.04 Å². The fraction of sp³-hybridized carbons (Fsp3) is 0.120. The fourth-order valence-corrected chi connectivity index (χ4v) is 4.46. The monoisotopic (exact) mass is 431 g/mol. The van der Waals surface area contributed by atoms with Gasteiger partial charge in [0.15, 0.2) is 5.43 Å². The molecule has 154 valence electrons. The van der Waals surface area contributed by atoms with Crippen LogP contribution in [0.4, 0.5) is 4.39 Å². The molecule has 0 saturated heterocycles. The predicted molar refractivity (Wildman–Crippen MR) is 119 cm³/mol. The fourth-order valence-electron chi connectivity index (χ4n) is 4.05. The number of amides is 1. The Morgan fingerprint density at radius 3 is 2.39 bits per heavy atom. The Balaban J connectivity index is 1.69. The number of carbonyl (C=O) groups excluding carboxylic acids is 1. The quantitative estimate of drug-likeness (QED) is 0.406. The summed E-state index contributed by atoms with van der Waals surface area (Å²) in [6.07, 6.45) is 1.99. The van der Waals surface area contributed by atoms with Crippen molar-refractivity contribution in [3.05, 3.63) is 111 Å². The van der Waals surface area contributed by atoms with Gasteiger partial charge in [0.2, 0.25) is 5.76 Å². The zero-order valence-corrected chi connectivity index (χ0v) is 17.5. The zero-order chi connectivity index (χ0) is 21.5. The first-order chi connectivity index (χ1) is 15.1. The van der Waals surface area contributed by atoms with E-state index in [1.54, 1.807) is 53.1 Å². The highest BCUT2D eigenvalue weighted by Crippen LogP contribution is 2.39. The number of rotatable bonds is 4. The minimum absolute atomic E-state index is 0.0738. The number of hydrogen-bond acceptors (Lipinski definition) is 4. The Bertz CT molecular complexity index is 1350. The molecule has 1 aliphatic rings. The highest BCUT2D eigenvalue weighted by molar-refractivity contribution is 7.98. The van der Waals surface area contributed by atoms with Crippen LogP contribution in [0.2, 0.25) is 0 Å². The number of thioether (sulfide) groups is 1. The van der Waals surface area contributed by atoms with Gasteiger partial charge in [0.25, 0.3) is 5.91 Å². The summed E-state index contributed by atoms with van der Waals surface area (Å²) < 4.78 is 19.3. The maximum Gasteiger partial charge on any atom is 0.291 e. The molecule has 1 unspecified atom stereocenters. The lowest BCUT2D eigenvalue weighted by atomic mass is 9.98. The van der Waals surface area contributed by atoms with E-state index in [1.165, 1.54) is 12.1 Å². The van der Waals surface area contributed by atoms with Gasteiger partial charge < -0.3 is 9.32 Å². The average Bonchev–Trinajstić information content (AvgIpc) is 3.07. The number of hydrogen-bond donors (Lipinski definition) is 0. The summed E-state index contributed by atoms with van der Waals surface area (Å²) in [7, 11) is 0. The van der Waals surface area contributed by atoms with Crippen molar-refractivity contribution in [1.82, 2.24) is 4.90 Å². The molecule has 0 radical (unpaired) electrons. The molecule has 0 fully saturated rings. The summed E-state index contributed by atoms with van der Waals surface area (Å²) in [6.45, 7) is 0.230. The largest absolute Gasteiger partial charge is 0.450 e. The van der Waals surface area contributed by atoms with E-state index >= 15 is 0 Å². The first-order valence-corrected chi connectivity index (χ1v) is 11.0. The normalized spacial score (nSPS) is 15.5. The van der Waals surface area contributed by atoms with E-state index in [4.69, 9.17) is 4.42 Å². The summed E-state index contributed by atoms with van der Waals surface area (Å²) in [5.41, 5.74) is 2.13. The molecule has 0 N–H and O–H groups in total. The van der Waals surface area contributed by atoms with Gasteiger partial charge in [0.1, 0.15) is 11.4 Å². The summed E-state index contributed by atoms with van der Waals surface area (Å²) in [4.78, 5) is 29.5. The molecular formula is C25H18FNO3S. The van der Waals surface area contributed by atoms with E-state index in [9.17, 15) is 14.0 Å². The van der Waals surface area contributed by atoms with E-state index in [-0.39, 0.29) is 29.5 Å². The number of nitrogens with zero attached hydrogens (tertiary/aromatic N) is 1. The summed E-state index contributed by atoms with van der Waals surface area (Å²) >= 11 is 1.62. The average molecular weight is 431 g/mol. The number of halogens is 1. The van der Waals surface area contributed by atoms with Crippen molar-refractivity contribution < 1.29 is 13.6 Å². The highest BCUT2D eigenvalue weighted by Gasteiger charge is 2.42. The summed E-state index contributed by atoms with van der Waals surface area (Å²) in [5, 5.41) is 0.448. The van der Waals surface area contributed by atoms with Crippen molar-refractivity contribution in [3.63, 3.8) is 0 Å². The Kier molecular flexibility index (Phi) is 4.87. The second-order valence-corrected chi connectivity index (χ2v) is 8.29. The van der Waals surface area contributed by atoms with Crippen LogP contribution in [-0.2, 0) is 6.54 Å². The maximum atomic E-state index is 13.4. The van der Waals surface area contributed by atoms with Crippen LogP contribution < -0.4 is 5.43 Å². The van der Waals surface area contributed by atoms with Crippen LogP contribution in [-0.4, -0.2) is 17.1 Å². The van der Waals surface area contributed by atoms with Crippen molar-refractivity contribution in [1.29, 1.82) is 0 Å². The molecule has 2 heterocycles. The van der Waals surface area contributed by atoms with Gasteiger partial charge in [-0.3, -0.25) is 9.59 Å². The van der Waals surface area contributed by atoms with Crippen LogP contribution in [0.3, 0.4) is 0 Å². The van der Waals surface area contributed by atoms with Gasteiger partial charge in [0, 0.05) is 11.4 Å². The number of fused-ring (bicyclic) bond motifs is 2. The van der Waals surface area contributed by atoms with Crippen LogP contribution >= 0.6 is 11.8 Å². The van der Waals surface area contributed by atoms with Crippen molar-refractivity contribution in [2.24, 2.45) is 0 Å². The van der Waals surface area contributed by atoms with Gasteiger partial charge >= 0.3 is 0 Å². The molecule has 1 aromatic heterocycles. The molecule has 4 nitrogen and oxygen atoms in total.